The molecule has 0 saturated carbocycles. The maximum Gasteiger partial charge on any atom is 0.421 e. The predicted molar refractivity (Wildman–Crippen MR) is 109 cm³/mol. The lowest BCUT2D eigenvalue weighted by atomic mass is 10.2. The average Bonchev–Trinajstić information content (AvgIpc) is 2.74. The zero-order chi connectivity index (χ0) is 23.3. The van der Waals surface area contributed by atoms with Crippen LogP contribution in [-0.4, -0.2) is 39.2 Å². The van der Waals surface area contributed by atoms with Crippen molar-refractivity contribution < 1.29 is 43.9 Å². The van der Waals surface area contributed by atoms with Crippen molar-refractivity contribution in [3.05, 3.63) is 89.5 Å². The first kappa shape index (κ1) is 22.2. The zero-order valence-corrected chi connectivity index (χ0v) is 16.7. The fourth-order valence-corrected chi connectivity index (χ4v) is 2.54. The van der Waals surface area contributed by atoms with E-state index in [9.17, 15) is 29.7 Å². The molecule has 0 amide bonds. The molecule has 32 heavy (non-hydrogen) atoms. The molecule has 0 atom stereocenters. The molecule has 0 aliphatic carbocycles. The van der Waals surface area contributed by atoms with Gasteiger partial charge in [-0.1, -0.05) is 0 Å². The minimum absolute atomic E-state index is 0.00427. The van der Waals surface area contributed by atoms with Crippen LogP contribution in [0.25, 0.3) is 0 Å². The number of rotatable bonds is 6. The topological polar surface area (TPSA) is 140 Å². The van der Waals surface area contributed by atoms with E-state index in [4.69, 9.17) is 14.2 Å². The van der Waals surface area contributed by atoms with Crippen molar-refractivity contribution in [2.24, 2.45) is 0 Å². The van der Waals surface area contributed by atoms with Crippen LogP contribution in [0.1, 0.15) is 38.0 Å². The lowest BCUT2D eigenvalue weighted by Crippen LogP contribution is -2.41. The van der Waals surface area contributed by atoms with Gasteiger partial charge in [-0.15, -0.1) is 0 Å². The Labute approximate surface area is 182 Å². The number of carbonyl (C=O) groups is 3. The number of hydrogen-bond acceptors (Lipinski definition) is 9. The first-order valence-electron chi connectivity index (χ1n) is 9.22. The summed E-state index contributed by atoms with van der Waals surface area (Å²) in [6.45, 7) is 1.06. The standard InChI is InChI=1S/C23H18O9/c1-23(30-20(27)14-2-8-17(24)9-3-14,31-21(28)15-4-10-18(25)11-5-15)32-22(29)16-6-12-19(26)13-7-16/h2-13,24-26H,1H3. The first-order chi connectivity index (χ1) is 15.1. The second-order valence-electron chi connectivity index (χ2n) is 6.67. The lowest BCUT2D eigenvalue weighted by Gasteiger charge is -2.28. The summed E-state index contributed by atoms with van der Waals surface area (Å²) < 4.78 is 15.6. The second-order valence-corrected chi connectivity index (χ2v) is 6.67. The average molecular weight is 438 g/mol. The SMILES string of the molecule is CC(OC(=O)c1ccc(O)cc1)(OC(=O)c1ccc(O)cc1)OC(=O)c1ccc(O)cc1. The highest BCUT2D eigenvalue weighted by atomic mass is 16.9. The number of phenolic OH excluding ortho intramolecular Hbond substituents is 3. The second kappa shape index (κ2) is 9.09. The highest BCUT2D eigenvalue weighted by Crippen LogP contribution is 2.23. The zero-order valence-electron chi connectivity index (χ0n) is 16.7. The Hall–Kier alpha value is -4.53. The Morgan fingerprint density at radius 1 is 0.531 bits per heavy atom. The number of hydrogen-bond donors (Lipinski definition) is 3. The van der Waals surface area contributed by atoms with Gasteiger partial charge in [0.15, 0.2) is 0 Å². The molecule has 9 nitrogen and oxygen atoms in total. The molecule has 0 unspecified atom stereocenters. The van der Waals surface area contributed by atoms with E-state index >= 15 is 0 Å². The highest BCUT2D eigenvalue weighted by Gasteiger charge is 2.39. The van der Waals surface area contributed by atoms with E-state index in [0.717, 1.165) is 6.92 Å². The molecule has 3 rings (SSSR count). The highest BCUT2D eigenvalue weighted by molar-refractivity contribution is 5.93. The van der Waals surface area contributed by atoms with Crippen LogP contribution in [0.5, 0.6) is 17.2 Å². The largest absolute Gasteiger partial charge is 0.508 e. The van der Waals surface area contributed by atoms with Gasteiger partial charge in [-0.3, -0.25) is 0 Å². The minimum atomic E-state index is -2.47. The van der Waals surface area contributed by atoms with E-state index in [0.29, 0.717) is 0 Å². The number of carbonyl (C=O) groups excluding carboxylic acids is 3. The first-order valence-corrected chi connectivity index (χ1v) is 9.22. The molecule has 0 spiro atoms. The molecule has 9 heteroatoms. The molecule has 3 aromatic carbocycles. The van der Waals surface area contributed by atoms with Gasteiger partial charge in [0.25, 0.3) is 0 Å². The van der Waals surface area contributed by atoms with E-state index in [-0.39, 0.29) is 33.9 Å². The van der Waals surface area contributed by atoms with Crippen LogP contribution >= 0.6 is 0 Å². The monoisotopic (exact) mass is 438 g/mol. The molecule has 0 aliphatic heterocycles. The Morgan fingerprint density at radius 3 is 0.969 bits per heavy atom. The Morgan fingerprint density at radius 2 is 0.750 bits per heavy atom. The van der Waals surface area contributed by atoms with Crippen molar-refractivity contribution in [3.63, 3.8) is 0 Å². The van der Waals surface area contributed by atoms with Crippen molar-refractivity contribution in [3.8, 4) is 17.2 Å². The number of esters is 3. The van der Waals surface area contributed by atoms with Crippen LogP contribution in [0.4, 0.5) is 0 Å². The van der Waals surface area contributed by atoms with Gasteiger partial charge < -0.3 is 29.5 Å². The molecule has 0 aromatic heterocycles. The molecular weight excluding hydrogens is 420 g/mol. The summed E-state index contributed by atoms with van der Waals surface area (Å²) in [5.41, 5.74) is -0.0128. The van der Waals surface area contributed by atoms with Gasteiger partial charge >= 0.3 is 23.9 Å². The van der Waals surface area contributed by atoms with Gasteiger partial charge in [-0.05, 0) is 72.8 Å². The summed E-state index contributed by atoms with van der Waals surface area (Å²) >= 11 is 0. The molecule has 3 aromatic rings. The van der Waals surface area contributed by atoms with Gasteiger partial charge in [0, 0.05) is 0 Å². The van der Waals surface area contributed by atoms with Crippen LogP contribution in [0, 0.1) is 0 Å². The van der Waals surface area contributed by atoms with Gasteiger partial charge in [-0.25, -0.2) is 14.4 Å². The Kier molecular flexibility index (Phi) is 6.29. The van der Waals surface area contributed by atoms with Gasteiger partial charge in [0.1, 0.15) is 17.2 Å². The number of benzene rings is 3. The summed E-state index contributed by atoms with van der Waals surface area (Å²) in [6, 6.07) is 15.1. The maximum atomic E-state index is 12.5. The third-order valence-electron chi connectivity index (χ3n) is 4.14. The van der Waals surface area contributed by atoms with Gasteiger partial charge in [-0.2, -0.15) is 0 Å². The number of ether oxygens (including phenoxy) is 3. The molecule has 164 valence electrons. The lowest BCUT2D eigenvalue weighted by molar-refractivity contribution is -0.288. The quantitative estimate of drug-likeness (QED) is 0.390. The fraction of sp³-hybridized carbons (Fsp3) is 0.0870. The third kappa shape index (κ3) is 5.54. The van der Waals surface area contributed by atoms with Crippen LogP contribution in [-0.2, 0) is 14.2 Å². The number of phenols is 3. The molecule has 0 fully saturated rings. The van der Waals surface area contributed by atoms with E-state index in [2.05, 4.69) is 0 Å². The molecule has 0 bridgehead atoms. The molecule has 0 aliphatic rings. The van der Waals surface area contributed by atoms with Crippen molar-refractivity contribution >= 4 is 17.9 Å². The van der Waals surface area contributed by atoms with Gasteiger partial charge in [0.2, 0.25) is 0 Å². The third-order valence-corrected chi connectivity index (χ3v) is 4.14. The number of aromatic hydroxyl groups is 3. The summed E-state index contributed by atoms with van der Waals surface area (Å²) in [5.74, 6) is -5.71. The molecule has 0 saturated heterocycles. The van der Waals surface area contributed by atoms with Gasteiger partial charge in [0.05, 0.1) is 23.6 Å². The minimum Gasteiger partial charge on any atom is -0.508 e. The molecule has 3 N–H and O–H groups in total. The van der Waals surface area contributed by atoms with E-state index < -0.39 is 23.9 Å². The van der Waals surface area contributed by atoms with Crippen LogP contribution in [0.2, 0.25) is 0 Å². The Balaban J connectivity index is 1.85. The summed E-state index contributed by atoms with van der Waals surface area (Å²) in [7, 11) is 0. The van der Waals surface area contributed by atoms with Crippen molar-refractivity contribution in [1.82, 2.24) is 0 Å². The summed E-state index contributed by atoms with van der Waals surface area (Å²) in [4.78, 5) is 37.6. The van der Waals surface area contributed by atoms with Crippen molar-refractivity contribution in [2.75, 3.05) is 0 Å². The smallest absolute Gasteiger partial charge is 0.421 e. The Bertz CT molecular complexity index is 973. The van der Waals surface area contributed by atoms with E-state index in [1.54, 1.807) is 0 Å². The summed E-state index contributed by atoms with van der Waals surface area (Å²) in [6.07, 6.45) is 0. The van der Waals surface area contributed by atoms with E-state index in [1.165, 1.54) is 72.8 Å². The van der Waals surface area contributed by atoms with E-state index in [1.807, 2.05) is 0 Å². The molecule has 0 radical (unpaired) electrons. The van der Waals surface area contributed by atoms with Crippen molar-refractivity contribution in [1.29, 1.82) is 0 Å². The predicted octanol–water partition coefficient (Wildman–Crippen LogP) is 3.35. The molecular formula is C23H18O9. The van der Waals surface area contributed by atoms with Crippen LogP contribution in [0.3, 0.4) is 0 Å². The van der Waals surface area contributed by atoms with Crippen LogP contribution in [0.15, 0.2) is 72.8 Å². The van der Waals surface area contributed by atoms with Crippen LogP contribution < -0.4 is 0 Å². The fourth-order valence-electron chi connectivity index (χ4n) is 2.54. The molecule has 0 heterocycles. The summed E-state index contributed by atoms with van der Waals surface area (Å²) in [5, 5.41) is 28.1. The van der Waals surface area contributed by atoms with Crippen molar-refractivity contribution in [2.45, 2.75) is 12.9 Å². The normalized spacial score (nSPS) is 10.8. The maximum absolute atomic E-state index is 12.5.